The Kier molecular flexibility index (Phi) is 5.15. The minimum Gasteiger partial charge on any atom is -0.370 e. The van der Waals surface area contributed by atoms with Crippen LogP contribution in [-0.2, 0) is 4.79 Å². The molecule has 4 nitrogen and oxygen atoms in total. The quantitative estimate of drug-likeness (QED) is 0.654. The maximum Gasteiger partial charge on any atom is 0.228 e. The number of carbonyl (C=O) groups excluding carboxylic acids is 1. The molecule has 0 aliphatic carbocycles. The number of nitrogens with two attached hydrogens (primary N) is 1. The van der Waals surface area contributed by atoms with Crippen molar-refractivity contribution in [2.24, 2.45) is 10.7 Å². The molecular formula is C11H21N3O. The van der Waals surface area contributed by atoms with Gasteiger partial charge in [-0.2, -0.15) is 0 Å². The second kappa shape index (κ2) is 6.43. The van der Waals surface area contributed by atoms with E-state index in [1.54, 1.807) is 0 Å². The number of unbranched alkanes of at least 4 members (excludes halogenated alkanes) is 4. The van der Waals surface area contributed by atoms with Gasteiger partial charge in [-0.3, -0.25) is 10.1 Å². The molecule has 0 saturated heterocycles. The summed E-state index contributed by atoms with van der Waals surface area (Å²) in [7, 11) is 0. The first-order chi connectivity index (χ1) is 7.22. The first-order valence-corrected chi connectivity index (χ1v) is 5.85. The highest BCUT2D eigenvalue weighted by atomic mass is 16.1. The molecule has 0 aromatic rings. The zero-order valence-corrected chi connectivity index (χ0v) is 9.46. The van der Waals surface area contributed by atoms with Gasteiger partial charge < -0.3 is 5.73 Å². The number of nitrogens with one attached hydrogen (secondary N) is 1. The summed E-state index contributed by atoms with van der Waals surface area (Å²) in [6, 6.07) is 0.111. The number of nitrogens with zero attached hydrogens (tertiary/aromatic N) is 1. The van der Waals surface area contributed by atoms with Crippen molar-refractivity contribution in [2.45, 2.75) is 57.9 Å². The fourth-order valence-electron chi connectivity index (χ4n) is 1.83. The second-order valence-corrected chi connectivity index (χ2v) is 4.12. The van der Waals surface area contributed by atoms with Gasteiger partial charge in [0.15, 0.2) is 5.96 Å². The molecule has 1 amide bonds. The molecule has 1 aliphatic rings. The topological polar surface area (TPSA) is 67.5 Å². The first-order valence-electron chi connectivity index (χ1n) is 5.85. The van der Waals surface area contributed by atoms with Crippen molar-refractivity contribution in [3.63, 3.8) is 0 Å². The van der Waals surface area contributed by atoms with Crippen LogP contribution in [0.1, 0.15) is 51.9 Å². The third-order valence-corrected chi connectivity index (χ3v) is 2.65. The van der Waals surface area contributed by atoms with Crippen molar-refractivity contribution in [1.82, 2.24) is 5.32 Å². The first kappa shape index (κ1) is 12.0. The van der Waals surface area contributed by atoms with Gasteiger partial charge in [-0.25, -0.2) is 4.99 Å². The van der Waals surface area contributed by atoms with Crippen LogP contribution in [0, 0.1) is 0 Å². The maximum absolute atomic E-state index is 11.1. The van der Waals surface area contributed by atoms with E-state index in [0.29, 0.717) is 6.42 Å². The molecule has 4 heteroatoms. The minimum absolute atomic E-state index is 0.000980. The molecule has 1 unspecified atom stereocenters. The summed E-state index contributed by atoms with van der Waals surface area (Å²) in [5.74, 6) is 0.283. The lowest BCUT2D eigenvalue weighted by Crippen LogP contribution is -2.43. The third kappa shape index (κ3) is 4.81. The number of aliphatic imine (C=N–C) groups is 1. The number of rotatable bonds is 6. The standard InChI is InChI=1S/C11H21N3O/c1-2-3-4-5-6-7-9-8-10(15)14-11(12)13-9/h9H,2-8H2,1H3,(H3,12,13,14,15). The molecule has 15 heavy (non-hydrogen) atoms. The van der Waals surface area contributed by atoms with Crippen LogP contribution >= 0.6 is 0 Å². The van der Waals surface area contributed by atoms with E-state index in [1.165, 1.54) is 25.7 Å². The molecule has 1 rings (SSSR count). The van der Waals surface area contributed by atoms with E-state index in [0.717, 1.165) is 12.8 Å². The summed E-state index contributed by atoms with van der Waals surface area (Å²) >= 11 is 0. The lowest BCUT2D eigenvalue weighted by molar-refractivity contribution is -0.120. The van der Waals surface area contributed by atoms with Gasteiger partial charge in [0, 0.05) is 6.42 Å². The van der Waals surface area contributed by atoms with Crippen LogP contribution in [0.15, 0.2) is 4.99 Å². The molecule has 0 radical (unpaired) electrons. The van der Waals surface area contributed by atoms with Gasteiger partial charge in [0.1, 0.15) is 0 Å². The van der Waals surface area contributed by atoms with Crippen LogP contribution in [0.2, 0.25) is 0 Å². The van der Waals surface area contributed by atoms with Crippen molar-refractivity contribution in [2.75, 3.05) is 0 Å². The Balaban J connectivity index is 2.15. The molecule has 1 aliphatic heterocycles. The predicted octanol–water partition coefficient (Wildman–Crippen LogP) is 1.55. The Labute approximate surface area is 91.3 Å². The van der Waals surface area contributed by atoms with E-state index in [9.17, 15) is 4.79 Å². The number of carbonyl (C=O) groups is 1. The molecule has 0 saturated carbocycles. The molecule has 3 N–H and O–H groups in total. The lowest BCUT2D eigenvalue weighted by atomic mass is 10.0. The molecule has 0 bridgehead atoms. The fourth-order valence-corrected chi connectivity index (χ4v) is 1.83. The van der Waals surface area contributed by atoms with Crippen molar-refractivity contribution in [3.05, 3.63) is 0 Å². The van der Waals surface area contributed by atoms with Gasteiger partial charge in [-0.1, -0.05) is 39.0 Å². The number of guanidine groups is 1. The number of hydrogen-bond acceptors (Lipinski definition) is 3. The zero-order chi connectivity index (χ0) is 11.1. The van der Waals surface area contributed by atoms with E-state index in [-0.39, 0.29) is 17.9 Å². The van der Waals surface area contributed by atoms with Gasteiger partial charge in [-0.05, 0) is 6.42 Å². The molecular weight excluding hydrogens is 190 g/mol. The Morgan fingerprint density at radius 3 is 2.80 bits per heavy atom. The minimum atomic E-state index is 0.000980. The van der Waals surface area contributed by atoms with Gasteiger partial charge in [0.2, 0.25) is 5.91 Å². The third-order valence-electron chi connectivity index (χ3n) is 2.65. The van der Waals surface area contributed by atoms with E-state index < -0.39 is 0 Å². The number of hydrogen-bond donors (Lipinski definition) is 2. The maximum atomic E-state index is 11.1. The predicted molar refractivity (Wildman–Crippen MR) is 61.5 cm³/mol. The van der Waals surface area contributed by atoms with Crippen LogP contribution in [0.4, 0.5) is 0 Å². The fraction of sp³-hybridized carbons (Fsp3) is 0.818. The molecule has 0 aromatic carbocycles. The summed E-state index contributed by atoms with van der Waals surface area (Å²) in [6.45, 7) is 2.20. The molecule has 1 heterocycles. The number of amides is 1. The molecule has 86 valence electrons. The van der Waals surface area contributed by atoms with Crippen LogP contribution in [-0.4, -0.2) is 17.9 Å². The second-order valence-electron chi connectivity index (χ2n) is 4.12. The molecule has 0 aromatic heterocycles. The normalized spacial score (nSPS) is 21.0. The summed E-state index contributed by atoms with van der Waals surface area (Å²) in [5, 5.41) is 2.51. The van der Waals surface area contributed by atoms with Crippen molar-refractivity contribution < 1.29 is 4.79 Å². The van der Waals surface area contributed by atoms with Crippen LogP contribution in [0.25, 0.3) is 0 Å². The Hall–Kier alpha value is -1.06. The van der Waals surface area contributed by atoms with Crippen molar-refractivity contribution in [1.29, 1.82) is 0 Å². The monoisotopic (exact) mass is 211 g/mol. The van der Waals surface area contributed by atoms with Gasteiger partial charge in [0.05, 0.1) is 6.04 Å². The Bertz CT molecular complexity index is 238. The summed E-state index contributed by atoms with van der Waals surface area (Å²) < 4.78 is 0. The van der Waals surface area contributed by atoms with E-state index in [4.69, 9.17) is 5.73 Å². The van der Waals surface area contributed by atoms with Gasteiger partial charge in [-0.15, -0.1) is 0 Å². The lowest BCUT2D eigenvalue weighted by Gasteiger charge is -2.18. The smallest absolute Gasteiger partial charge is 0.228 e. The summed E-state index contributed by atoms with van der Waals surface area (Å²) in [4.78, 5) is 15.4. The highest BCUT2D eigenvalue weighted by Crippen LogP contribution is 2.13. The van der Waals surface area contributed by atoms with Crippen LogP contribution < -0.4 is 11.1 Å². The Morgan fingerprint density at radius 1 is 1.40 bits per heavy atom. The largest absolute Gasteiger partial charge is 0.370 e. The SMILES string of the molecule is CCCCCCCC1CC(=O)NC(N)=N1. The van der Waals surface area contributed by atoms with E-state index in [1.807, 2.05) is 0 Å². The highest BCUT2D eigenvalue weighted by molar-refractivity contribution is 5.98. The average Bonchev–Trinajstić information content (AvgIpc) is 2.16. The van der Waals surface area contributed by atoms with Gasteiger partial charge in [0.25, 0.3) is 0 Å². The van der Waals surface area contributed by atoms with E-state index >= 15 is 0 Å². The molecule has 0 spiro atoms. The van der Waals surface area contributed by atoms with Crippen molar-refractivity contribution >= 4 is 11.9 Å². The zero-order valence-electron chi connectivity index (χ0n) is 9.46. The molecule has 1 atom stereocenters. The van der Waals surface area contributed by atoms with Gasteiger partial charge >= 0.3 is 0 Å². The van der Waals surface area contributed by atoms with Crippen molar-refractivity contribution in [3.8, 4) is 0 Å². The Morgan fingerprint density at radius 2 is 2.13 bits per heavy atom. The summed E-state index contributed by atoms with van der Waals surface area (Å²) in [5.41, 5.74) is 5.49. The summed E-state index contributed by atoms with van der Waals surface area (Å²) in [6.07, 6.45) is 7.71. The van der Waals surface area contributed by atoms with Crippen LogP contribution in [0.5, 0.6) is 0 Å². The average molecular weight is 211 g/mol. The van der Waals surface area contributed by atoms with E-state index in [2.05, 4.69) is 17.2 Å². The van der Waals surface area contributed by atoms with Crippen LogP contribution in [0.3, 0.4) is 0 Å². The highest BCUT2D eigenvalue weighted by Gasteiger charge is 2.18. The molecule has 0 fully saturated rings.